The lowest BCUT2D eigenvalue weighted by Gasteiger charge is -2.19. The fourth-order valence-electron chi connectivity index (χ4n) is 2.73. The van der Waals surface area contributed by atoms with Crippen molar-refractivity contribution in [2.24, 2.45) is 0 Å². The van der Waals surface area contributed by atoms with Crippen molar-refractivity contribution < 1.29 is 9.53 Å². The normalized spacial score (nSPS) is 13.2. The molecule has 1 heterocycles. The maximum Gasteiger partial charge on any atom is 0.342 e. The largest absolute Gasteiger partial charge is 0.462 e. The van der Waals surface area contributed by atoms with Crippen molar-refractivity contribution in [1.82, 2.24) is 9.97 Å². The number of hydrogen-bond acceptors (Lipinski definition) is 5. The van der Waals surface area contributed by atoms with E-state index in [-0.39, 0.29) is 5.92 Å². The number of hydrogen-bond donors (Lipinski definition) is 0. The Bertz CT molecular complexity index is 814. The molecule has 0 fully saturated rings. The molecule has 3 rings (SSSR count). The van der Waals surface area contributed by atoms with Crippen LogP contribution in [0.2, 0.25) is 0 Å². The average molecular weight is 335 g/mol. The van der Waals surface area contributed by atoms with Crippen LogP contribution in [0.5, 0.6) is 0 Å². The second-order valence-electron chi connectivity index (χ2n) is 5.91. The first kappa shape index (κ1) is 16.9. The van der Waals surface area contributed by atoms with Gasteiger partial charge in [0, 0.05) is 25.6 Å². The standard InChI is InChI=1S/C20H21N3O2/c1-4-25-19(24)16-17(14-10-6-5-7-11-14)21-20(23(2)3)22-18(16)15-12-8-9-13-15/h5-13,15H,4H2,1-3H3. The van der Waals surface area contributed by atoms with E-state index in [1.807, 2.05) is 73.6 Å². The molecule has 1 aromatic heterocycles. The van der Waals surface area contributed by atoms with E-state index in [9.17, 15) is 4.79 Å². The third-order valence-corrected chi connectivity index (χ3v) is 3.92. The minimum atomic E-state index is -0.393. The van der Waals surface area contributed by atoms with Crippen molar-refractivity contribution in [3.63, 3.8) is 0 Å². The summed E-state index contributed by atoms with van der Waals surface area (Å²) in [5.41, 5.74) is 2.56. The van der Waals surface area contributed by atoms with E-state index in [0.29, 0.717) is 29.5 Å². The number of rotatable bonds is 5. The van der Waals surface area contributed by atoms with Gasteiger partial charge < -0.3 is 9.64 Å². The Balaban J connectivity index is 2.28. The minimum Gasteiger partial charge on any atom is -0.462 e. The molecule has 2 aromatic rings. The molecular formula is C20H21N3O2. The van der Waals surface area contributed by atoms with Crippen LogP contribution in [0.1, 0.15) is 28.9 Å². The number of carbonyl (C=O) groups is 1. The molecule has 25 heavy (non-hydrogen) atoms. The zero-order valence-corrected chi connectivity index (χ0v) is 14.6. The SMILES string of the molecule is CCOC(=O)c1c(-c2ccccc2)nc(N(C)C)nc1C1C=CC=C1. The van der Waals surface area contributed by atoms with Crippen LogP contribution in [0.15, 0.2) is 54.6 Å². The predicted molar refractivity (Wildman–Crippen MR) is 98.8 cm³/mol. The summed E-state index contributed by atoms with van der Waals surface area (Å²) in [4.78, 5) is 23.9. The molecule has 1 aliphatic carbocycles. The van der Waals surface area contributed by atoms with Crippen molar-refractivity contribution in [3.05, 3.63) is 65.9 Å². The molecule has 0 aliphatic heterocycles. The van der Waals surface area contributed by atoms with E-state index >= 15 is 0 Å². The van der Waals surface area contributed by atoms with E-state index in [1.54, 1.807) is 6.92 Å². The third kappa shape index (κ3) is 3.45. The van der Waals surface area contributed by atoms with Gasteiger partial charge in [0.1, 0.15) is 5.56 Å². The fourth-order valence-corrected chi connectivity index (χ4v) is 2.73. The second-order valence-corrected chi connectivity index (χ2v) is 5.91. The highest BCUT2D eigenvalue weighted by Crippen LogP contribution is 2.32. The lowest BCUT2D eigenvalue weighted by molar-refractivity contribution is 0.0525. The summed E-state index contributed by atoms with van der Waals surface area (Å²) in [5.74, 6) is 0.106. The number of esters is 1. The number of nitrogens with zero attached hydrogens (tertiary/aromatic N) is 3. The highest BCUT2D eigenvalue weighted by Gasteiger charge is 2.27. The Labute approximate surface area is 147 Å². The van der Waals surface area contributed by atoms with Crippen LogP contribution in [-0.4, -0.2) is 36.6 Å². The van der Waals surface area contributed by atoms with E-state index in [2.05, 4.69) is 9.97 Å². The smallest absolute Gasteiger partial charge is 0.342 e. The summed E-state index contributed by atoms with van der Waals surface area (Å²) >= 11 is 0. The minimum absolute atomic E-state index is 0.0661. The molecule has 0 atom stereocenters. The molecule has 128 valence electrons. The van der Waals surface area contributed by atoms with E-state index < -0.39 is 5.97 Å². The first-order valence-electron chi connectivity index (χ1n) is 8.28. The molecule has 1 aromatic carbocycles. The van der Waals surface area contributed by atoms with Crippen LogP contribution >= 0.6 is 0 Å². The number of benzene rings is 1. The summed E-state index contributed by atoms with van der Waals surface area (Å²) in [6, 6.07) is 9.67. The highest BCUT2D eigenvalue weighted by atomic mass is 16.5. The Morgan fingerprint density at radius 1 is 1.12 bits per heavy atom. The molecule has 1 aliphatic rings. The van der Waals surface area contributed by atoms with Gasteiger partial charge in [0.15, 0.2) is 0 Å². The van der Waals surface area contributed by atoms with Gasteiger partial charge in [-0.25, -0.2) is 14.8 Å². The first-order chi connectivity index (χ1) is 12.1. The molecular weight excluding hydrogens is 314 g/mol. The molecule has 0 unspecified atom stereocenters. The number of aromatic nitrogens is 2. The van der Waals surface area contributed by atoms with Crippen molar-refractivity contribution in [3.8, 4) is 11.3 Å². The van der Waals surface area contributed by atoms with Crippen LogP contribution in [0, 0.1) is 0 Å². The summed E-state index contributed by atoms with van der Waals surface area (Å²) in [6.45, 7) is 2.10. The first-order valence-corrected chi connectivity index (χ1v) is 8.28. The van der Waals surface area contributed by atoms with Gasteiger partial charge in [-0.15, -0.1) is 0 Å². The summed E-state index contributed by atoms with van der Waals surface area (Å²) in [7, 11) is 3.77. The molecule has 0 spiro atoms. The molecule has 0 N–H and O–H groups in total. The van der Waals surface area contributed by atoms with Crippen LogP contribution in [0.25, 0.3) is 11.3 Å². The van der Waals surface area contributed by atoms with Gasteiger partial charge in [0.05, 0.1) is 18.0 Å². The zero-order valence-electron chi connectivity index (χ0n) is 14.6. The molecule has 5 heteroatoms. The quantitative estimate of drug-likeness (QED) is 0.782. The van der Waals surface area contributed by atoms with Gasteiger partial charge >= 0.3 is 5.97 Å². The Hall–Kier alpha value is -2.95. The number of ether oxygens (including phenoxy) is 1. The Kier molecular flexibility index (Phi) is 4.93. The van der Waals surface area contributed by atoms with Crippen LogP contribution in [0.4, 0.5) is 5.95 Å². The molecule has 0 amide bonds. The summed E-state index contributed by atoms with van der Waals surface area (Å²) < 4.78 is 5.31. The van der Waals surface area contributed by atoms with Crippen molar-refractivity contribution in [2.75, 3.05) is 25.6 Å². The lowest BCUT2D eigenvalue weighted by atomic mass is 9.97. The number of anilines is 1. The van der Waals surface area contributed by atoms with Gasteiger partial charge in [0.25, 0.3) is 0 Å². The van der Waals surface area contributed by atoms with Gasteiger partial charge in [-0.3, -0.25) is 0 Å². The van der Waals surface area contributed by atoms with E-state index in [1.165, 1.54) is 0 Å². The predicted octanol–water partition coefficient (Wildman–Crippen LogP) is 3.60. The molecule has 0 saturated carbocycles. The highest BCUT2D eigenvalue weighted by molar-refractivity contribution is 5.98. The molecule has 0 radical (unpaired) electrons. The van der Waals surface area contributed by atoms with Crippen molar-refractivity contribution >= 4 is 11.9 Å². The van der Waals surface area contributed by atoms with Crippen LogP contribution in [0.3, 0.4) is 0 Å². The summed E-state index contributed by atoms with van der Waals surface area (Å²) in [5, 5.41) is 0. The Morgan fingerprint density at radius 2 is 1.80 bits per heavy atom. The maximum atomic E-state index is 12.7. The van der Waals surface area contributed by atoms with Crippen LogP contribution in [-0.2, 0) is 4.74 Å². The van der Waals surface area contributed by atoms with E-state index in [4.69, 9.17) is 4.74 Å². The van der Waals surface area contributed by atoms with Gasteiger partial charge in [-0.1, -0.05) is 54.6 Å². The number of carbonyl (C=O) groups excluding carboxylic acids is 1. The van der Waals surface area contributed by atoms with Gasteiger partial charge in [0.2, 0.25) is 5.95 Å². The van der Waals surface area contributed by atoms with Gasteiger partial charge in [-0.05, 0) is 6.92 Å². The maximum absolute atomic E-state index is 12.7. The Morgan fingerprint density at radius 3 is 2.40 bits per heavy atom. The monoisotopic (exact) mass is 335 g/mol. The average Bonchev–Trinajstić information content (AvgIpc) is 3.16. The molecule has 0 bridgehead atoms. The van der Waals surface area contributed by atoms with Gasteiger partial charge in [-0.2, -0.15) is 0 Å². The number of allylic oxidation sites excluding steroid dienone is 4. The zero-order chi connectivity index (χ0) is 17.8. The fraction of sp³-hybridized carbons (Fsp3) is 0.250. The van der Waals surface area contributed by atoms with Crippen LogP contribution < -0.4 is 4.90 Å². The topological polar surface area (TPSA) is 55.3 Å². The molecule has 0 saturated heterocycles. The molecule has 5 nitrogen and oxygen atoms in total. The van der Waals surface area contributed by atoms with E-state index in [0.717, 1.165) is 5.56 Å². The second kappa shape index (κ2) is 7.30. The van der Waals surface area contributed by atoms with Crippen molar-refractivity contribution in [2.45, 2.75) is 12.8 Å². The lowest BCUT2D eigenvalue weighted by Crippen LogP contribution is -2.20. The summed E-state index contributed by atoms with van der Waals surface area (Å²) in [6.07, 6.45) is 7.94. The van der Waals surface area contributed by atoms with Crippen molar-refractivity contribution in [1.29, 1.82) is 0 Å². The third-order valence-electron chi connectivity index (χ3n) is 3.92.